The van der Waals surface area contributed by atoms with Gasteiger partial charge >= 0.3 is 6.18 Å². The van der Waals surface area contributed by atoms with E-state index >= 15 is 0 Å². The van der Waals surface area contributed by atoms with Crippen LogP contribution >= 0.6 is 11.8 Å². The van der Waals surface area contributed by atoms with Gasteiger partial charge in [0.1, 0.15) is 5.69 Å². The molecule has 1 aliphatic heterocycles. The van der Waals surface area contributed by atoms with Gasteiger partial charge in [-0.25, -0.2) is 4.98 Å². The molecule has 6 nitrogen and oxygen atoms in total. The van der Waals surface area contributed by atoms with Crippen molar-refractivity contribution in [3.63, 3.8) is 0 Å². The van der Waals surface area contributed by atoms with Crippen LogP contribution in [0.1, 0.15) is 29.7 Å². The number of fused-ring (bicyclic) bond motifs is 1. The normalized spacial score (nSPS) is 22.5. The van der Waals surface area contributed by atoms with Gasteiger partial charge in [0.25, 0.3) is 0 Å². The van der Waals surface area contributed by atoms with Gasteiger partial charge in [0.2, 0.25) is 0 Å². The van der Waals surface area contributed by atoms with E-state index in [0.29, 0.717) is 17.4 Å². The van der Waals surface area contributed by atoms with Crippen LogP contribution < -0.4 is 0 Å². The number of benzene rings is 1. The maximum atomic E-state index is 12.9. The van der Waals surface area contributed by atoms with Crippen molar-refractivity contribution in [2.75, 3.05) is 25.4 Å². The summed E-state index contributed by atoms with van der Waals surface area (Å²) in [5, 5.41) is 9.40. The quantitative estimate of drug-likeness (QED) is 0.375. The second-order valence-electron chi connectivity index (χ2n) is 8.98. The fourth-order valence-corrected chi connectivity index (χ4v) is 5.65. The average molecular weight is 475 g/mol. The molecule has 3 heterocycles. The van der Waals surface area contributed by atoms with Crippen molar-refractivity contribution in [2.24, 2.45) is 13.0 Å². The van der Waals surface area contributed by atoms with Crippen LogP contribution in [-0.2, 0) is 18.6 Å². The van der Waals surface area contributed by atoms with E-state index in [1.165, 1.54) is 12.1 Å². The van der Waals surface area contributed by atoms with Crippen LogP contribution in [0, 0.1) is 12.8 Å². The molecule has 0 N–H and O–H groups in total. The zero-order valence-corrected chi connectivity index (χ0v) is 19.3. The van der Waals surface area contributed by atoms with Gasteiger partial charge in [-0.05, 0) is 49.9 Å². The minimum Gasteiger partial charge on any atom is -0.304 e. The lowest BCUT2D eigenvalue weighted by atomic mass is 9.94. The summed E-state index contributed by atoms with van der Waals surface area (Å²) in [5.41, 5.74) is 2.07. The molecule has 0 bridgehead atoms. The third-order valence-electron chi connectivity index (χ3n) is 6.70. The molecule has 2 aromatic heterocycles. The average Bonchev–Trinajstić information content (AvgIpc) is 3.16. The summed E-state index contributed by atoms with van der Waals surface area (Å²) in [6.07, 6.45) is 1.23. The van der Waals surface area contributed by atoms with Crippen molar-refractivity contribution in [1.82, 2.24) is 29.6 Å². The number of nitrogens with zero attached hydrogens (tertiary/aromatic N) is 6. The van der Waals surface area contributed by atoms with Gasteiger partial charge in [-0.15, -0.1) is 10.2 Å². The van der Waals surface area contributed by atoms with Crippen LogP contribution in [0.4, 0.5) is 13.2 Å². The minimum atomic E-state index is -4.28. The number of hydrogen-bond acceptors (Lipinski definition) is 6. The smallest absolute Gasteiger partial charge is 0.304 e. The summed E-state index contributed by atoms with van der Waals surface area (Å²) >= 11 is 1.67. The van der Waals surface area contributed by atoms with E-state index < -0.39 is 11.7 Å². The lowest BCUT2D eigenvalue weighted by Gasteiger charge is -2.21. The van der Waals surface area contributed by atoms with E-state index in [1.54, 1.807) is 36.3 Å². The number of aryl methyl sites for hydroxylation is 1. The number of aromatic nitrogens is 5. The van der Waals surface area contributed by atoms with Gasteiger partial charge < -0.3 is 9.47 Å². The van der Waals surface area contributed by atoms with E-state index in [4.69, 9.17) is 0 Å². The molecule has 1 aromatic carbocycles. The van der Waals surface area contributed by atoms with Crippen molar-refractivity contribution in [3.05, 3.63) is 53.5 Å². The Morgan fingerprint density at radius 2 is 1.91 bits per heavy atom. The first-order valence-electron chi connectivity index (χ1n) is 11.0. The van der Waals surface area contributed by atoms with Gasteiger partial charge in [0.05, 0.1) is 17.5 Å². The van der Waals surface area contributed by atoms with E-state index in [9.17, 15) is 13.2 Å². The molecule has 2 atom stereocenters. The van der Waals surface area contributed by atoms with Crippen LogP contribution in [0.3, 0.4) is 0 Å². The fraction of sp³-hybridized carbons (Fsp3) is 0.478. The Labute approximate surface area is 194 Å². The van der Waals surface area contributed by atoms with Crippen molar-refractivity contribution in [1.29, 1.82) is 0 Å². The molecule has 0 spiro atoms. The number of alkyl halides is 3. The molecule has 5 rings (SSSR count). The highest BCUT2D eigenvalue weighted by atomic mass is 32.2. The van der Waals surface area contributed by atoms with Crippen molar-refractivity contribution in [3.8, 4) is 11.5 Å². The van der Waals surface area contributed by atoms with E-state index in [1.807, 2.05) is 18.5 Å². The summed E-state index contributed by atoms with van der Waals surface area (Å²) in [7, 11) is 1.93. The summed E-state index contributed by atoms with van der Waals surface area (Å²) in [6.45, 7) is 4.81. The summed E-state index contributed by atoms with van der Waals surface area (Å²) in [4.78, 5) is 11.1. The largest absolute Gasteiger partial charge is 0.416 e. The lowest BCUT2D eigenvalue weighted by molar-refractivity contribution is -0.137. The SMILES string of the molecule is Cc1cnc(-c2nnc(SCCCN3C[C@@H]4C[C@]4(c4ccc(C(F)(F)F)cc4)C3)n2C)cn1. The molecule has 3 aromatic rings. The molecular formula is C23H25F3N6S. The minimum absolute atomic E-state index is 0.0465. The van der Waals surface area contributed by atoms with Gasteiger partial charge in [-0.1, -0.05) is 23.9 Å². The van der Waals surface area contributed by atoms with Gasteiger partial charge in [0.15, 0.2) is 11.0 Å². The number of piperidine rings is 1. The Hall–Kier alpha value is -2.46. The lowest BCUT2D eigenvalue weighted by Crippen LogP contribution is -2.28. The molecule has 1 aliphatic carbocycles. The molecule has 33 heavy (non-hydrogen) atoms. The third kappa shape index (κ3) is 4.38. The standard InChI is InChI=1S/C23H25F3N6S/c1-15-11-28-19(12-27-15)20-29-30-21(31(20)2)33-9-3-8-32-13-18-10-22(18,14-32)16-4-6-17(7-5-16)23(24,25)26/h4-7,11-12,18H,3,8-10,13-14H2,1-2H3/t18-,22+/m0/s1. The Balaban J connectivity index is 1.12. The van der Waals surface area contributed by atoms with Gasteiger partial charge in [-0.2, -0.15) is 13.2 Å². The first-order valence-corrected chi connectivity index (χ1v) is 12.0. The molecule has 10 heteroatoms. The number of halogens is 3. The topological polar surface area (TPSA) is 59.7 Å². The Kier molecular flexibility index (Phi) is 5.68. The van der Waals surface area contributed by atoms with Crippen LogP contribution in [0.25, 0.3) is 11.5 Å². The van der Waals surface area contributed by atoms with Crippen LogP contribution in [0.2, 0.25) is 0 Å². The number of rotatable bonds is 7. The highest BCUT2D eigenvalue weighted by Crippen LogP contribution is 2.59. The number of thioether (sulfide) groups is 1. The maximum Gasteiger partial charge on any atom is 0.416 e. The maximum absolute atomic E-state index is 12.9. The first-order chi connectivity index (χ1) is 15.8. The van der Waals surface area contributed by atoms with E-state index in [0.717, 1.165) is 54.6 Å². The number of likely N-dealkylation sites (tertiary alicyclic amines) is 1. The molecule has 0 radical (unpaired) electrons. The molecule has 1 saturated carbocycles. The molecule has 0 amide bonds. The van der Waals surface area contributed by atoms with Crippen LogP contribution in [0.5, 0.6) is 0 Å². The highest BCUT2D eigenvalue weighted by molar-refractivity contribution is 7.99. The molecule has 174 valence electrons. The second kappa shape index (κ2) is 8.39. The highest BCUT2D eigenvalue weighted by Gasteiger charge is 2.60. The fourth-order valence-electron chi connectivity index (χ4n) is 4.82. The Bertz CT molecular complexity index is 1130. The second-order valence-corrected chi connectivity index (χ2v) is 10.0. The zero-order valence-electron chi connectivity index (χ0n) is 18.5. The van der Waals surface area contributed by atoms with Crippen molar-refractivity contribution in [2.45, 2.75) is 36.5 Å². The summed E-state index contributed by atoms with van der Waals surface area (Å²) in [5.74, 6) is 2.17. The molecule has 1 saturated heterocycles. The Morgan fingerprint density at radius 3 is 2.61 bits per heavy atom. The van der Waals surface area contributed by atoms with Crippen molar-refractivity contribution < 1.29 is 13.2 Å². The van der Waals surface area contributed by atoms with Crippen molar-refractivity contribution >= 4 is 11.8 Å². The van der Waals surface area contributed by atoms with Crippen LogP contribution in [-0.4, -0.2) is 55.0 Å². The Morgan fingerprint density at radius 1 is 1.12 bits per heavy atom. The summed E-state index contributed by atoms with van der Waals surface area (Å²) < 4.78 is 40.5. The van der Waals surface area contributed by atoms with E-state index in [-0.39, 0.29) is 5.41 Å². The summed E-state index contributed by atoms with van der Waals surface area (Å²) in [6, 6.07) is 5.78. The van der Waals surface area contributed by atoms with E-state index in [2.05, 4.69) is 25.1 Å². The van der Waals surface area contributed by atoms with Gasteiger partial charge in [0, 0.05) is 37.5 Å². The third-order valence-corrected chi connectivity index (χ3v) is 7.80. The monoisotopic (exact) mass is 474 g/mol. The molecular weight excluding hydrogens is 449 g/mol. The van der Waals surface area contributed by atoms with Crippen LogP contribution in [0.15, 0.2) is 41.8 Å². The first kappa shape index (κ1) is 22.3. The number of hydrogen-bond donors (Lipinski definition) is 0. The van der Waals surface area contributed by atoms with Gasteiger partial charge in [-0.3, -0.25) is 4.98 Å². The predicted octanol–water partition coefficient (Wildman–Crippen LogP) is 4.36. The predicted molar refractivity (Wildman–Crippen MR) is 120 cm³/mol. The molecule has 2 fully saturated rings. The molecule has 0 unspecified atom stereocenters. The molecule has 2 aliphatic rings. The zero-order chi connectivity index (χ0) is 23.2.